The molecule has 1 rings (SSSR count). The molecule has 1 N–H and O–H groups in total. The second kappa shape index (κ2) is 5.43. The molecule has 1 saturated carbocycles. The monoisotopic (exact) mass is 182 g/mol. The quantitative estimate of drug-likeness (QED) is 0.665. The summed E-state index contributed by atoms with van der Waals surface area (Å²) in [6.07, 6.45) is 10.5. The van der Waals surface area contributed by atoms with Crippen LogP contribution in [-0.2, 0) is 0 Å². The van der Waals surface area contributed by atoms with Crippen LogP contribution < -0.4 is 0 Å². The minimum Gasteiger partial charge on any atom is -0.392 e. The van der Waals surface area contributed by atoms with E-state index in [0.29, 0.717) is 11.8 Å². The maximum Gasteiger partial charge on any atom is 0.0628 e. The summed E-state index contributed by atoms with van der Waals surface area (Å²) in [7, 11) is 0. The van der Waals surface area contributed by atoms with Gasteiger partial charge in [-0.25, -0.2) is 0 Å². The van der Waals surface area contributed by atoms with Crippen LogP contribution in [0, 0.1) is 11.8 Å². The highest BCUT2D eigenvalue weighted by Gasteiger charge is 2.24. The van der Waals surface area contributed by atoms with E-state index in [1.807, 2.05) is 13.0 Å². The Hall–Kier alpha value is -0.300. The lowest BCUT2D eigenvalue weighted by Gasteiger charge is -2.29. The zero-order chi connectivity index (χ0) is 9.68. The maximum atomic E-state index is 10.0. The molecule has 0 amide bonds. The van der Waals surface area contributed by atoms with Gasteiger partial charge in [0.1, 0.15) is 0 Å². The minimum atomic E-state index is -0.114. The molecule has 0 aromatic carbocycles. The normalized spacial score (nSPS) is 24.8. The molecule has 13 heavy (non-hydrogen) atoms. The van der Waals surface area contributed by atoms with Gasteiger partial charge in [0.05, 0.1) is 6.10 Å². The molecule has 1 heteroatoms. The van der Waals surface area contributed by atoms with Gasteiger partial charge in [-0.1, -0.05) is 38.3 Å². The first-order valence-corrected chi connectivity index (χ1v) is 5.56. The fourth-order valence-corrected chi connectivity index (χ4v) is 2.32. The van der Waals surface area contributed by atoms with Crippen LogP contribution in [0.1, 0.15) is 46.0 Å². The van der Waals surface area contributed by atoms with E-state index < -0.39 is 0 Å². The molecule has 1 aliphatic rings. The average Bonchev–Trinajstić information content (AvgIpc) is 2.18. The summed E-state index contributed by atoms with van der Waals surface area (Å²) in [5, 5.41) is 10.0. The van der Waals surface area contributed by atoms with E-state index in [2.05, 4.69) is 13.0 Å². The first kappa shape index (κ1) is 10.8. The van der Waals surface area contributed by atoms with Crippen LogP contribution in [0.2, 0.25) is 0 Å². The number of hydrogen-bond donors (Lipinski definition) is 1. The maximum absolute atomic E-state index is 10.0. The lowest BCUT2D eigenvalue weighted by Crippen LogP contribution is -2.28. The van der Waals surface area contributed by atoms with Gasteiger partial charge in [0, 0.05) is 5.92 Å². The van der Waals surface area contributed by atoms with Crippen molar-refractivity contribution in [3.8, 4) is 0 Å². The van der Waals surface area contributed by atoms with Crippen molar-refractivity contribution in [3.05, 3.63) is 12.2 Å². The van der Waals surface area contributed by atoms with Crippen molar-refractivity contribution < 1.29 is 5.11 Å². The topological polar surface area (TPSA) is 20.2 Å². The van der Waals surface area contributed by atoms with Crippen LogP contribution in [0.3, 0.4) is 0 Å². The van der Waals surface area contributed by atoms with Crippen LogP contribution in [0.15, 0.2) is 12.2 Å². The summed E-state index contributed by atoms with van der Waals surface area (Å²) in [5.41, 5.74) is 0. The second-order valence-electron chi connectivity index (χ2n) is 4.27. The molecule has 0 spiro atoms. The van der Waals surface area contributed by atoms with E-state index in [9.17, 15) is 5.11 Å². The molecule has 1 fully saturated rings. The van der Waals surface area contributed by atoms with Gasteiger partial charge in [-0.3, -0.25) is 0 Å². The first-order chi connectivity index (χ1) is 6.25. The zero-order valence-electron chi connectivity index (χ0n) is 8.87. The first-order valence-electron chi connectivity index (χ1n) is 5.56. The van der Waals surface area contributed by atoms with Gasteiger partial charge in [-0.15, -0.1) is 0 Å². The van der Waals surface area contributed by atoms with Crippen LogP contribution in [0.5, 0.6) is 0 Å². The molecule has 1 nitrogen and oxygen atoms in total. The third-order valence-corrected chi connectivity index (χ3v) is 3.17. The standard InChI is InChI=1S/C12H22O/c1-3-7-10(2)12(13)11-8-5-4-6-9-11/h3,7,10-13H,4-6,8-9H2,1-2H3/b7-3+. The molecule has 76 valence electrons. The van der Waals surface area contributed by atoms with E-state index in [1.54, 1.807) is 0 Å². The third kappa shape index (κ3) is 3.15. The Morgan fingerprint density at radius 1 is 1.23 bits per heavy atom. The summed E-state index contributed by atoms with van der Waals surface area (Å²) < 4.78 is 0. The Labute approximate surface area is 81.9 Å². The van der Waals surface area contributed by atoms with E-state index in [0.717, 1.165) is 0 Å². The smallest absolute Gasteiger partial charge is 0.0628 e. The molecule has 0 aliphatic heterocycles. The SMILES string of the molecule is C/C=C/C(C)C(O)C1CCCCC1. The number of aliphatic hydroxyl groups is 1. The molecular formula is C12H22O. The second-order valence-corrected chi connectivity index (χ2v) is 4.27. The number of allylic oxidation sites excluding steroid dienone is 1. The van der Waals surface area contributed by atoms with Crippen LogP contribution in [-0.4, -0.2) is 11.2 Å². The van der Waals surface area contributed by atoms with Gasteiger partial charge in [0.15, 0.2) is 0 Å². The van der Waals surface area contributed by atoms with E-state index in [1.165, 1.54) is 32.1 Å². The average molecular weight is 182 g/mol. The van der Waals surface area contributed by atoms with Gasteiger partial charge in [0.2, 0.25) is 0 Å². The minimum absolute atomic E-state index is 0.114. The predicted molar refractivity (Wildman–Crippen MR) is 56.6 cm³/mol. The molecule has 2 unspecified atom stereocenters. The van der Waals surface area contributed by atoms with Crippen molar-refractivity contribution in [2.24, 2.45) is 11.8 Å². The van der Waals surface area contributed by atoms with Crippen molar-refractivity contribution in [3.63, 3.8) is 0 Å². The van der Waals surface area contributed by atoms with Crippen molar-refractivity contribution in [2.75, 3.05) is 0 Å². The highest BCUT2D eigenvalue weighted by Crippen LogP contribution is 2.29. The van der Waals surface area contributed by atoms with Crippen LogP contribution in [0.4, 0.5) is 0 Å². The zero-order valence-corrected chi connectivity index (χ0v) is 8.87. The number of aliphatic hydroxyl groups excluding tert-OH is 1. The van der Waals surface area contributed by atoms with E-state index in [4.69, 9.17) is 0 Å². The molecule has 0 radical (unpaired) electrons. The van der Waals surface area contributed by atoms with Crippen molar-refractivity contribution in [1.82, 2.24) is 0 Å². The molecule has 2 atom stereocenters. The van der Waals surface area contributed by atoms with Crippen molar-refractivity contribution in [1.29, 1.82) is 0 Å². The molecule has 0 bridgehead atoms. The van der Waals surface area contributed by atoms with Gasteiger partial charge in [-0.2, -0.15) is 0 Å². The van der Waals surface area contributed by atoms with E-state index >= 15 is 0 Å². The highest BCUT2D eigenvalue weighted by molar-refractivity contribution is 4.90. The predicted octanol–water partition coefficient (Wildman–Crippen LogP) is 3.14. The van der Waals surface area contributed by atoms with Gasteiger partial charge < -0.3 is 5.11 Å². The Morgan fingerprint density at radius 3 is 2.38 bits per heavy atom. The van der Waals surface area contributed by atoms with Crippen molar-refractivity contribution in [2.45, 2.75) is 52.1 Å². The third-order valence-electron chi connectivity index (χ3n) is 3.17. The Morgan fingerprint density at radius 2 is 1.85 bits per heavy atom. The molecule has 0 saturated heterocycles. The molecule has 1 aliphatic carbocycles. The summed E-state index contributed by atoms with van der Waals surface area (Å²) in [6.45, 7) is 4.13. The molecule has 0 heterocycles. The summed E-state index contributed by atoms with van der Waals surface area (Å²) in [4.78, 5) is 0. The summed E-state index contributed by atoms with van der Waals surface area (Å²) >= 11 is 0. The summed E-state index contributed by atoms with van der Waals surface area (Å²) in [5.74, 6) is 0.882. The Bertz CT molecular complexity index is 157. The molecule has 0 aromatic heterocycles. The van der Waals surface area contributed by atoms with Gasteiger partial charge in [0.25, 0.3) is 0 Å². The highest BCUT2D eigenvalue weighted by atomic mass is 16.3. The van der Waals surface area contributed by atoms with Crippen LogP contribution in [0.25, 0.3) is 0 Å². The Kier molecular flexibility index (Phi) is 4.51. The Balaban J connectivity index is 2.39. The van der Waals surface area contributed by atoms with Gasteiger partial charge in [-0.05, 0) is 25.7 Å². The van der Waals surface area contributed by atoms with Crippen LogP contribution >= 0.6 is 0 Å². The fraction of sp³-hybridized carbons (Fsp3) is 0.833. The fourth-order valence-electron chi connectivity index (χ4n) is 2.32. The molecular weight excluding hydrogens is 160 g/mol. The van der Waals surface area contributed by atoms with Crippen molar-refractivity contribution >= 4 is 0 Å². The van der Waals surface area contributed by atoms with E-state index in [-0.39, 0.29) is 6.10 Å². The summed E-state index contributed by atoms with van der Waals surface area (Å²) in [6, 6.07) is 0. The lowest BCUT2D eigenvalue weighted by molar-refractivity contribution is 0.0556. The molecule has 0 aromatic rings. The number of hydrogen-bond acceptors (Lipinski definition) is 1. The number of rotatable bonds is 3. The largest absolute Gasteiger partial charge is 0.392 e. The lowest BCUT2D eigenvalue weighted by atomic mass is 9.81. The van der Waals surface area contributed by atoms with Gasteiger partial charge >= 0.3 is 0 Å².